The van der Waals surface area contributed by atoms with Crippen LogP contribution in [-0.2, 0) is 10.0 Å². The van der Waals surface area contributed by atoms with E-state index in [1.807, 2.05) is 32.0 Å². The molecule has 3 heterocycles. The number of aromatic nitrogens is 4. The second-order valence-corrected chi connectivity index (χ2v) is 8.79. The van der Waals surface area contributed by atoms with Crippen LogP contribution in [0.3, 0.4) is 0 Å². The molecule has 0 atom stereocenters. The van der Waals surface area contributed by atoms with E-state index >= 15 is 0 Å². The van der Waals surface area contributed by atoms with Crippen LogP contribution in [-0.4, -0.2) is 58.4 Å². The lowest BCUT2D eigenvalue weighted by molar-refractivity contribution is 0.383. The Morgan fingerprint density at radius 1 is 1.07 bits per heavy atom. The van der Waals surface area contributed by atoms with Crippen molar-refractivity contribution in [3.05, 3.63) is 43.2 Å². The number of anilines is 1. The molecule has 8 nitrogen and oxygen atoms in total. The van der Waals surface area contributed by atoms with E-state index < -0.39 is 10.0 Å². The zero-order valence-corrected chi connectivity index (χ0v) is 16.2. The summed E-state index contributed by atoms with van der Waals surface area (Å²) in [5.74, 6) is 0. The van der Waals surface area contributed by atoms with Gasteiger partial charge in [-0.25, -0.2) is 23.4 Å². The third-order valence-electron chi connectivity index (χ3n) is 4.87. The fourth-order valence-electron chi connectivity index (χ4n) is 3.22. The summed E-state index contributed by atoms with van der Waals surface area (Å²) in [4.78, 5) is 14.6. The SMILES string of the molecule is CC(C)n1cnc(S(=O)(=O)N2CCN(c3ccc4ncncc4c3)CC2)c1. The lowest BCUT2D eigenvalue weighted by atomic mass is 10.2. The van der Waals surface area contributed by atoms with Crippen molar-refractivity contribution in [1.82, 2.24) is 23.8 Å². The molecule has 1 aromatic carbocycles. The van der Waals surface area contributed by atoms with Gasteiger partial charge in [0.1, 0.15) is 6.33 Å². The van der Waals surface area contributed by atoms with Crippen molar-refractivity contribution < 1.29 is 8.42 Å². The Hall–Kier alpha value is -2.52. The van der Waals surface area contributed by atoms with Crippen LogP contribution in [0.25, 0.3) is 10.9 Å². The quantitative estimate of drug-likeness (QED) is 0.681. The van der Waals surface area contributed by atoms with Crippen molar-refractivity contribution in [3.8, 4) is 0 Å². The van der Waals surface area contributed by atoms with E-state index in [9.17, 15) is 8.42 Å². The first-order valence-corrected chi connectivity index (χ1v) is 10.4. The molecule has 1 aliphatic heterocycles. The van der Waals surface area contributed by atoms with E-state index in [1.54, 1.807) is 23.3 Å². The number of sulfonamides is 1. The van der Waals surface area contributed by atoms with E-state index in [4.69, 9.17) is 0 Å². The van der Waals surface area contributed by atoms with E-state index in [2.05, 4.69) is 19.9 Å². The van der Waals surface area contributed by atoms with E-state index in [-0.39, 0.29) is 11.1 Å². The highest BCUT2D eigenvalue weighted by atomic mass is 32.2. The molecule has 3 aromatic rings. The first-order valence-electron chi connectivity index (χ1n) is 8.93. The standard InChI is InChI=1S/C18H22N6O2S/c1-14(2)23-11-18(21-13-23)27(25,26)24-7-5-22(6-8-24)16-3-4-17-15(9-16)10-19-12-20-17/h3-4,9-14H,5-8H2,1-2H3. The van der Waals surface area contributed by atoms with Gasteiger partial charge < -0.3 is 9.47 Å². The first-order chi connectivity index (χ1) is 12.9. The molecule has 1 fully saturated rings. The van der Waals surface area contributed by atoms with Crippen LogP contribution < -0.4 is 4.90 Å². The summed E-state index contributed by atoms with van der Waals surface area (Å²) in [5, 5.41) is 1.09. The molecular formula is C18H22N6O2S. The molecule has 2 aromatic heterocycles. The third kappa shape index (κ3) is 3.40. The predicted octanol–water partition coefficient (Wildman–Crippen LogP) is 1.92. The van der Waals surface area contributed by atoms with Gasteiger partial charge >= 0.3 is 0 Å². The number of hydrogen-bond donors (Lipinski definition) is 0. The first kappa shape index (κ1) is 17.9. The van der Waals surface area contributed by atoms with Gasteiger partial charge in [-0.3, -0.25) is 0 Å². The Labute approximate surface area is 158 Å². The van der Waals surface area contributed by atoms with Crippen LogP contribution >= 0.6 is 0 Å². The van der Waals surface area contributed by atoms with Crippen molar-refractivity contribution in [2.24, 2.45) is 0 Å². The van der Waals surface area contributed by atoms with Crippen LogP contribution in [0.1, 0.15) is 19.9 Å². The van der Waals surface area contributed by atoms with Gasteiger partial charge in [0.2, 0.25) is 0 Å². The lowest BCUT2D eigenvalue weighted by Crippen LogP contribution is -2.48. The molecule has 0 spiro atoms. The van der Waals surface area contributed by atoms with Crippen molar-refractivity contribution in [3.63, 3.8) is 0 Å². The van der Waals surface area contributed by atoms with Crippen LogP contribution in [0.4, 0.5) is 5.69 Å². The molecule has 1 aliphatic rings. The van der Waals surface area contributed by atoms with Gasteiger partial charge in [0.15, 0.2) is 5.03 Å². The molecule has 0 radical (unpaired) electrons. The Morgan fingerprint density at radius 2 is 1.85 bits per heavy atom. The number of benzene rings is 1. The van der Waals surface area contributed by atoms with Crippen LogP contribution in [0.2, 0.25) is 0 Å². The fraction of sp³-hybridized carbons (Fsp3) is 0.389. The molecule has 0 amide bonds. The number of fused-ring (bicyclic) bond motifs is 1. The predicted molar refractivity (Wildman–Crippen MR) is 103 cm³/mol. The Balaban J connectivity index is 1.48. The van der Waals surface area contributed by atoms with Crippen molar-refractivity contribution in [2.75, 3.05) is 31.1 Å². The normalized spacial score (nSPS) is 16.3. The zero-order valence-electron chi connectivity index (χ0n) is 15.4. The maximum atomic E-state index is 12.9. The maximum Gasteiger partial charge on any atom is 0.262 e. The molecule has 0 N–H and O–H groups in total. The highest BCUT2D eigenvalue weighted by Crippen LogP contribution is 2.23. The summed E-state index contributed by atoms with van der Waals surface area (Å²) in [6.07, 6.45) is 6.50. The number of piperazine rings is 1. The Morgan fingerprint density at radius 3 is 2.56 bits per heavy atom. The number of rotatable bonds is 4. The van der Waals surface area contributed by atoms with Crippen molar-refractivity contribution in [1.29, 1.82) is 0 Å². The largest absolute Gasteiger partial charge is 0.369 e. The van der Waals surface area contributed by atoms with Gasteiger partial charge in [-0.15, -0.1) is 0 Å². The number of imidazole rings is 1. The van der Waals surface area contributed by atoms with Gasteiger partial charge in [-0.05, 0) is 32.0 Å². The van der Waals surface area contributed by atoms with Gasteiger partial charge in [0.05, 0.1) is 11.8 Å². The molecule has 0 bridgehead atoms. The smallest absolute Gasteiger partial charge is 0.262 e. The third-order valence-corrected chi connectivity index (χ3v) is 6.65. The van der Waals surface area contributed by atoms with Gasteiger partial charge in [0.25, 0.3) is 10.0 Å². The second kappa shape index (κ2) is 6.90. The second-order valence-electron chi connectivity index (χ2n) is 6.91. The molecule has 4 rings (SSSR count). The average Bonchev–Trinajstić information content (AvgIpc) is 3.19. The highest BCUT2D eigenvalue weighted by Gasteiger charge is 2.30. The monoisotopic (exact) mass is 386 g/mol. The van der Waals surface area contributed by atoms with E-state index in [0.29, 0.717) is 26.2 Å². The van der Waals surface area contributed by atoms with Crippen LogP contribution in [0.15, 0.2) is 48.3 Å². The molecule has 1 saturated heterocycles. The minimum absolute atomic E-state index is 0.118. The number of hydrogen-bond acceptors (Lipinski definition) is 6. The van der Waals surface area contributed by atoms with Crippen molar-refractivity contribution >= 4 is 26.6 Å². The highest BCUT2D eigenvalue weighted by molar-refractivity contribution is 7.89. The van der Waals surface area contributed by atoms with Gasteiger partial charge in [-0.2, -0.15) is 4.31 Å². The van der Waals surface area contributed by atoms with E-state index in [0.717, 1.165) is 16.6 Å². The fourth-order valence-corrected chi connectivity index (χ4v) is 4.56. The minimum Gasteiger partial charge on any atom is -0.369 e. The average molecular weight is 386 g/mol. The van der Waals surface area contributed by atoms with Gasteiger partial charge in [0, 0.05) is 55.7 Å². The zero-order chi connectivity index (χ0) is 19.0. The lowest BCUT2D eigenvalue weighted by Gasteiger charge is -2.35. The van der Waals surface area contributed by atoms with Gasteiger partial charge in [-0.1, -0.05) is 0 Å². The Bertz CT molecular complexity index is 1050. The molecule has 27 heavy (non-hydrogen) atoms. The maximum absolute atomic E-state index is 12.9. The van der Waals surface area contributed by atoms with Crippen LogP contribution in [0, 0.1) is 0 Å². The summed E-state index contributed by atoms with van der Waals surface area (Å²) in [7, 11) is -3.56. The summed E-state index contributed by atoms with van der Waals surface area (Å²) in [5.41, 5.74) is 1.95. The van der Waals surface area contributed by atoms with E-state index in [1.165, 1.54) is 10.6 Å². The summed E-state index contributed by atoms with van der Waals surface area (Å²) in [6.45, 7) is 6.10. The molecule has 142 valence electrons. The van der Waals surface area contributed by atoms with Crippen molar-refractivity contribution in [2.45, 2.75) is 24.9 Å². The minimum atomic E-state index is -3.56. The summed E-state index contributed by atoms with van der Waals surface area (Å²) >= 11 is 0. The topological polar surface area (TPSA) is 84.2 Å². The molecule has 0 unspecified atom stereocenters. The summed E-state index contributed by atoms with van der Waals surface area (Å²) < 4.78 is 29.0. The molecule has 9 heteroatoms. The summed E-state index contributed by atoms with van der Waals surface area (Å²) in [6, 6.07) is 6.21. The molecule has 0 saturated carbocycles. The molecular weight excluding hydrogens is 364 g/mol. The van der Waals surface area contributed by atoms with Crippen LogP contribution in [0.5, 0.6) is 0 Å². The number of nitrogens with zero attached hydrogens (tertiary/aromatic N) is 6. The molecule has 0 aliphatic carbocycles. The Kier molecular flexibility index (Phi) is 4.56.